The Labute approximate surface area is 196 Å². The molecule has 2 heterocycles. The Morgan fingerprint density at radius 2 is 1.59 bits per heavy atom. The normalized spacial score (nSPS) is 23.7. The van der Waals surface area contributed by atoms with Crippen molar-refractivity contribution in [3.63, 3.8) is 0 Å². The van der Waals surface area contributed by atoms with Crippen molar-refractivity contribution in [2.45, 2.75) is 31.8 Å². The second-order valence-corrected chi connectivity index (χ2v) is 9.43. The van der Waals surface area contributed by atoms with Crippen LogP contribution in [0.1, 0.15) is 50.2 Å². The van der Waals surface area contributed by atoms with Gasteiger partial charge < -0.3 is 4.90 Å². The van der Waals surface area contributed by atoms with Crippen molar-refractivity contribution >= 4 is 29.1 Å². The van der Waals surface area contributed by atoms with Crippen molar-refractivity contribution in [1.29, 1.82) is 0 Å². The van der Waals surface area contributed by atoms with E-state index in [4.69, 9.17) is 0 Å². The number of anilines is 1. The summed E-state index contributed by atoms with van der Waals surface area (Å²) in [5, 5.41) is 0. The Morgan fingerprint density at radius 1 is 0.941 bits per heavy atom. The SMILES string of the molecule is CC(=O)[C@H]1[C@H](c2ccc(C)cc2)C2(C(=O)c3ccccc3C2=O)C2C=Cc3cc(F)ccc3N21. The molecule has 0 saturated carbocycles. The molecule has 1 saturated heterocycles. The predicted octanol–water partition coefficient (Wildman–Crippen LogP) is 5.16. The average Bonchev–Trinajstić information content (AvgIpc) is 3.26. The van der Waals surface area contributed by atoms with E-state index in [1.54, 1.807) is 42.5 Å². The highest BCUT2D eigenvalue weighted by atomic mass is 19.1. The molecule has 3 aromatic rings. The van der Waals surface area contributed by atoms with Crippen LogP contribution < -0.4 is 4.90 Å². The lowest BCUT2D eigenvalue weighted by molar-refractivity contribution is -0.118. The molecule has 0 aromatic heterocycles. The van der Waals surface area contributed by atoms with Gasteiger partial charge in [0.25, 0.3) is 0 Å². The fourth-order valence-corrected chi connectivity index (χ4v) is 6.25. The molecular formula is C29H22FNO3. The molecule has 0 radical (unpaired) electrons. The summed E-state index contributed by atoms with van der Waals surface area (Å²) >= 11 is 0. The first-order chi connectivity index (χ1) is 16.4. The second kappa shape index (κ2) is 7.07. The number of carbonyl (C=O) groups excluding carboxylic acids is 3. The zero-order valence-corrected chi connectivity index (χ0v) is 18.8. The Morgan fingerprint density at radius 3 is 2.21 bits per heavy atom. The van der Waals surface area contributed by atoms with E-state index in [2.05, 4.69) is 0 Å². The fourth-order valence-electron chi connectivity index (χ4n) is 6.25. The number of fused-ring (bicyclic) bond motifs is 5. The molecule has 6 rings (SSSR count). The number of ketones is 3. The van der Waals surface area contributed by atoms with Crippen LogP contribution in [-0.4, -0.2) is 29.4 Å². The summed E-state index contributed by atoms with van der Waals surface area (Å²) < 4.78 is 14.0. The van der Waals surface area contributed by atoms with Gasteiger partial charge in [-0.1, -0.05) is 66.2 Å². The van der Waals surface area contributed by atoms with Crippen molar-refractivity contribution in [2.75, 3.05) is 4.90 Å². The lowest BCUT2D eigenvalue weighted by Gasteiger charge is -2.37. The van der Waals surface area contributed by atoms with E-state index in [-0.39, 0.29) is 23.2 Å². The van der Waals surface area contributed by atoms with Crippen LogP contribution in [0.25, 0.3) is 6.08 Å². The fraction of sp³-hybridized carbons (Fsp3) is 0.207. The van der Waals surface area contributed by atoms with Gasteiger partial charge in [0.15, 0.2) is 17.3 Å². The van der Waals surface area contributed by atoms with Gasteiger partial charge in [0.1, 0.15) is 11.2 Å². The Hall–Kier alpha value is -3.86. The zero-order valence-electron chi connectivity index (χ0n) is 18.8. The van der Waals surface area contributed by atoms with Gasteiger partial charge in [0, 0.05) is 28.3 Å². The van der Waals surface area contributed by atoms with Gasteiger partial charge in [-0.15, -0.1) is 0 Å². The van der Waals surface area contributed by atoms with Crippen LogP contribution in [0, 0.1) is 18.2 Å². The summed E-state index contributed by atoms with van der Waals surface area (Å²) in [5.74, 6) is -1.73. The first-order valence-corrected chi connectivity index (χ1v) is 11.4. The van der Waals surface area contributed by atoms with Crippen LogP contribution in [0.3, 0.4) is 0 Å². The molecule has 34 heavy (non-hydrogen) atoms. The first-order valence-electron chi connectivity index (χ1n) is 11.4. The number of Topliss-reactive ketones (excluding diaryl/α,β-unsaturated/α-hetero) is 3. The molecule has 1 fully saturated rings. The number of aryl methyl sites for hydroxylation is 1. The molecule has 5 heteroatoms. The topological polar surface area (TPSA) is 54.5 Å². The molecule has 2 aliphatic heterocycles. The maximum atomic E-state index is 14.2. The molecule has 0 N–H and O–H groups in total. The molecule has 3 atom stereocenters. The van der Waals surface area contributed by atoms with Crippen molar-refractivity contribution in [3.05, 3.63) is 106 Å². The van der Waals surface area contributed by atoms with Crippen LogP contribution in [0.4, 0.5) is 10.1 Å². The van der Waals surface area contributed by atoms with E-state index in [0.717, 1.165) is 11.1 Å². The quantitative estimate of drug-likeness (QED) is 0.506. The molecule has 0 amide bonds. The third-order valence-electron chi connectivity index (χ3n) is 7.62. The summed E-state index contributed by atoms with van der Waals surface area (Å²) in [5.41, 5.74) is 2.39. The van der Waals surface area contributed by atoms with Crippen LogP contribution in [0.2, 0.25) is 0 Å². The number of hydrogen-bond acceptors (Lipinski definition) is 4. The molecular weight excluding hydrogens is 429 g/mol. The van der Waals surface area contributed by atoms with Gasteiger partial charge in [-0.3, -0.25) is 14.4 Å². The number of carbonyl (C=O) groups is 3. The van der Waals surface area contributed by atoms with Crippen molar-refractivity contribution in [2.24, 2.45) is 5.41 Å². The van der Waals surface area contributed by atoms with E-state index in [9.17, 15) is 18.8 Å². The second-order valence-electron chi connectivity index (χ2n) is 9.43. The molecule has 0 bridgehead atoms. The summed E-state index contributed by atoms with van der Waals surface area (Å²) in [6.07, 6.45) is 3.56. The maximum Gasteiger partial charge on any atom is 0.180 e. The van der Waals surface area contributed by atoms with Gasteiger partial charge in [-0.05, 0) is 37.6 Å². The summed E-state index contributed by atoms with van der Waals surface area (Å²) in [6, 6.07) is 17.6. The molecule has 1 spiro atoms. The van der Waals surface area contributed by atoms with E-state index >= 15 is 0 Å². The van der Waals surface area contributed by atoms with Crippen LogP contribution in [-0.2, 0) is 4.79 Å². The van der Waals surface area contributed by atoms with Crippen LogP contribution >= 0.6 is 0 Å². The van der Waals surface area contributed by atoms with Gasteiger partial charge in [0.2, 0.25) is 0 Å². The van der Waals surface area contributed by atoms with E-state index in [1.165, 1.54) is 19.1 Å². The number of benzene rings is 3. The maximum absolute atomic E-state index is 14.2. The molecule has 3 aliphatic rings. The third kappa shape index (κ3) is 2.50. The van der Waals surface area contributed by atoms with E-state index in [1.807, 2.05) is 36.1 Å². The minimum absolute atomic E-state index is 0.144. The monoisotopic (exact) mass is 451 g/mol. The van der Waals surface area contributed by atoms with Crippen molar-refractivity contribution in [1.82, 2.24) is 0 Å². The van der Waals surface area contributed by atoms with Crippen molar-refractivity contribution < 1.29 is 18.8 Å². The Balaban J connectivity index is 1.68. The van der Waals surface area contributed by atoms with Gasteiger partial charge in [-0.2, -0.15) is 0 Å². The number of nitrogens with zero attached hydrogens (tertiary/aromatic N) is 1. The van der Waals surface area contributed by atoms with Gasteiger partial charge in [0.05, 0.1) is 12.1 Å². The molecule has 1 unspecified atom stereocenters. The summed E-state index contributed by atoms with van der Waals surface area (Å²) in [7, 11) is 0. The van der Waals surface area contributed by atoms with E-state index in [0.29, 0.717) is 22.4 Å². The molecule has 1 aliphatic carbocycles. The first kappa shape index (κ1) is 20.7. The highest BCUT2D eigenvalue weighted by Crippen LogP contribution is 2.60. The lowest BCUT2D eigenvalue weighted by atomic mass is 9.64. The zero-order chi connectivity index (χ0) is 23.8. The van der Waals surface area contributed by atoms with Gasteiger partial charge >= 0.3 is 0 Å². The largest absolute Gasteiger partial charge is 0.352 e. The van der Waals surface area contributed by atoms with Crippen LogP contribution in [0.5, 0.6) is 0 Å². The van der Waals surface area contributed by atoms with E-state index < -0.39 is 23.4 Å². The van der Waals surface area contributed by atoms with Crippen LogP contribution in [0.15, 0.2) is 72.8 Å². The predicted molar refractivity (Wildman–Crippen MR) is 128 cm³/mol. The minimum Gasteiger partial charge on any atom is -0.352 e. The highest BCUT2D eigenvalue weighted by molar-refractivity contribution is 6.32. The number of hydrogen-bond donors (Lipinski definition) is 0. The summed E-state index contributed by atoms with van der Waals surface area (Å²) in [6.45, 7) is 3.47. The highest BCUT2D eigenvalue weighted by Gasteiger charge is 2.71. The van der Waals surface area contributed by atoms with Gasteiger partial charge in [-0.25, -0.2) is 4.39 Å². The Bertz CT molecular complexity index is 1390. The number of rotatable bonds is 2. The summed E-state index contributed by atoms with van der Waals surface area (Å²) in [4.78, 5) is 43.6. The minimum atomic E-state index is -1.49. The molecule has 3 aromatic carbocycles. The standard InChI is InChI=1S/C29H22FNO3/c1-16-7-9-18(10-8-16)25-26(17(2)32)31-23-13-12-20(30)15-19(23)11-14-24(31)29(25)27(33)21-5-3-4-6-22(21)28(29)34/h3-15,24-26H,1-2H3/t24?,25-,26-/m0/s1. The lowest BCUT2D eigenvalue weighted by Crippen LogP contribution is -2.48. The molecule has 4 nitrogen and oxygen atoms in total. The smallest absolute Gasteiger partial charge is 0.180 e. The van der Waals surface area contributed by atoms with Crippen molar-refractivity contribution in [3.8, 4) is 0 Å². The average molecular weight is 451 g/mol. The number of halogens is 1. The molecule has 168 valence electrons. The third-order valence-corrected chi connectivity index (χ3v) is 7.62. The Kier molecular flexibility index (Phi) is 4.31.